The molecule has 4 N–H and O–H groups in total. The molecular weight excluding hydrogens is 749 g/mol. The Kier molecular flexibility index (Phi) is 38.1. The first-order chi connectivity index (χ1) is 28.8. The van der Waals surface area contributed by atoms with Crippen molar-refractivity contribution in [2.45, 2.75) is 269 Å². The van der Waals surface area contributed by atoms with Crippen LogP contribution >= 0.6 is 0 Å². The van der Waals surface area contributed by atoms with Crippen molar-refractivity contribution >= 4 is 11.9 Å². The zero-order valence-corrected chi connectivity index (χ0v) is 38.0. The van der Waals surface area contributed by atoms with E-state index in [0.717, 1.165) is 38.5 Å². The van der Waals surface area contributed by atoms with Crippen molar-refractivity contribution in [3.05, 3.63) is 12.2 Å². The van der Waals surface area contributed by atoms with Crippen LogP contribution in [0.1, 0.15) is 232 Å². The fourth-order valence-electron chi connectivity index (χ4n) is 7.71. The molecule has 0 saturated carbocycles. The molecule has 6 unspecified atom stereocenters. The van der Waals surface area contributed by atoms with Crippen molar-refractivity contribution in [3.8, 4) is 0 Å². The molecule has 348 valence electrons. The van der Waals surface area contributed by atoms with E-state index < -0.39 is 49.4 Å². The summed E-state index contributed by atoms with van der Waals surface area (Å²) < 4.78 is 22.2. The molecule has 0 amide bonds. The van der Waals surface area contributed by atoms with Crippen LogP contribution in [0.2, 0.25) is 0 Å². The lowest BCUT2D eigenvalue weighted by Crippen LogP contribution is -2.59. The van der Waals surface area contributed by atoms with Crippen LogP contribution in [-0.2, 0) is 28.5 Å². The second kappa shape index (κ2) is 40.5. The molecule has 0 aromatic heterocycles. The Bertz CT molecular complexity index is 974. The van der Waals surface area contributed by atoms with Gasteiger partial charge in [0.1, 0.15) is 31.0 Å². The fraction of sp³-hybridized carbons (Fsp3) is 0.918. The summed E-state index contributed by atoms with van der Waals surface area (Å²) in [6, 6.07) is 0. The summed E-state index contributed by atoms with van der Waals surface area (Å²) in [6.07, 6.45) is 36.5. The Balaban J connectivity index is 2.25. The van der Waals surface area contributed by atoms with Crippen molar-refractivity contribution in [2.75, 3.05) is 19.8 Å². The predicted molar refractivity (Wildman–Crippen MR) is 238 cm³/mol. The maximum Gasteiger partial charge on any atom is 0.306 e. The van der Waals surface area contributed by atoms with Crippen molar-refractivity contribution in [3.63, 3.8) is 0 Å². The number of allylic oxidation sites excluding steroid dienone is 2. The Morgan fingerprint density at radius 3 is 1.32 bits per heavy atom. The van der Waals surface area contributed by atoms with Crippen molar-refractivity contribution in [1.29, 1.82) is 0 Å². The molecule has 1 rings (SSSR count). The van der Waals surface area contributed by atoms with E-state index in [9.17, 15) is 30.0 Å². The highest BCUT2D eigenvalue weighted by atomic mass is 16.7. The lowest BCUT2D eigenvalue weighted by atomic mass is 9.99. The van der Waals surface area contributed by atoms with Gasteiger partial charge in [0.15, 0.2) is 12.4 Å². The normalized spacial score (nSPS) is 20.0. The van der Waals surface area contributed by atoms with Crippen LogP contribution in [0.5, 0.6) is 0 Å². The minimum atomic E-state index is -1.59. The maximum absolute atomic E-state index is 12.8. The Hall–Kier alpha value is -1.56. The number of hydrogen-bond donors (Lipinski definition) is 4. The summed E-state index contributed by atoms with van der Waals surface area (Å²) in [5.41, 5.74) is 0. The largest absolute Gasteiger partial charge is 0.462 e. The molecule has 6 atom stereocenters. The number of ether oxygens (including phenoxy) is 4. The third kappa shape index (κ3) is 31.9. The molecule has 1 aliphatic heterocycles. The first-order valence-corrected chi connectivity index (χ1v) is 24.8. The molecule has 0 spiro atoms. The van der Waals surface area contributed by atoms with Crippen LogP contribution in [0.3, 0.4) is 0 Å². The minimum absolute atomic E-state index is 0.212. The molecule has 0 radical (unpaired) electrons. The quantitative estimate of drug-likeness (QED) is 0.0265. The van der Waals surface area contributed by atoms with Gasteiger partial charge in [-0.2, -0.15) is 0 Å². The molecule has 1 saturated heterocycles. The monoisotopic (exact) mass is 841 g/mol. The van der Waals surface area contributed by atoms with Crippen molar-refractivity contribution in [1.82, 2.24) is 0 Å². The molecule has 0 aliphatic carbocycles. The molecule has 10 nitrogen and oxygen atoms in total. The highest BCUT2D eigenvalue weighted by Gasteiger charge is 2.44. The summed E-state index contributed by atoms with van der Waals surface area (Å²) >= 11 is 0. The summed E-state index contributed by atoms with van der Waals surface area (Å²) in [6.45, 7) is 3.45. The topological polar surface area (TPSA) is 152 Å². The second-order valence-electron chi connectivity index (χ2n) is 17.3. The molecule has 0 aromatic rings. The van der Waals surface area contributed by atoms with E-state index in [2.05, 4.69) is 26.0 Å². The van der Waals surface area contributed by atoms with Gasteiger partial charge in [0.2, 0.25) is 0 Å². The predicted octanol–water partition coefficient (Wildman–Crippen LogP) is 11.1. The van der Waals surface area contributed by atoms with Crippen LogP contribution in [0, 0.1) is 0 Å². The number of aliphatic hydroxyl groups excluding tert-OH is 4. The van der Waals surface area contributed by atoms with Crippen LogP contribution in [0.25, 0.3) is 0 Å². The van der Waals surface area contributed by atoms with Gasteiger partial charge in [-0.05, 0) is 38.5 Å². The third-order valence-corrected chi connectivity index (χ3v) is 11.7. The summed E-state index contributed by atoms with van der Waals surface area (Å²) in [5, 5.41) is 40.1. The highest BCUT2D eigenvalue weighted by Crippen LogP contribution is 2.23. The highest BCUT2D eigenvalue weighted by molar-refractivity contribution is 5.70. The van der Waals surface area contributed by atoms with Gasteiger partial charge in [0.05, 0.1) is 13.2 Å². The summed E-state index contributed by atoms with van der Waals surface area (Å²) in [4.78, 5) is 25.4. The fourth-order valence-corrected chi connectivity index (χ4v) is 7.71. The van der Waals surface area contributed by atoms with Crippen molar-refractivity contribution in [2.24, 2.45) is 0 Å². The average Bonchev–Trinajstić information content (AvgIpc) is 3.23. The van der Waals surface area contributed by atoms with Gasteiger partial charge in [-0.3, -0.25) is 9.59 Å². The van der Waals surface area contributed by atoms with Crippen LogP contribution in [0.4, 0.5) is 0 Å². The van der Waals surface area contributed by atoms with Gasteiger partial charge in [-0.15, -0.1) is 0 Å². The first kappa shape index (κ1) is 55.5. The molecule has 1 aliphatic rings. The molecule has 10 heteroatoms. The number of aliphatic hydroxyl groups is 4. The number of esters is 2. The lowest BCUT2D eigenvalue weighted by Gasteiger charge is -2.39. The van der Waals surface area contributed by atoms with Gasteiger partial charge in [0.25, 0.3) is 0 Å². The molecule has 1 fully saturated rings. The standard InChI is InChI=1S/C49H92O10/c1-3-5-7-9-11-13-15-17-18-19-20-21-22-23-24-26-28-30-32-34-36-38-45(52)58-42(41-57-49-48(55)47(54)46(53)43(39-50)59-49)40-56-44(51)37-35-33-31-29-27-25-16-14-12-10-8-6-4-2/h19-20,42-43,46-50,53-55H,3-18,21-41H2,1-2H3/b20-19-. The molecular formula is C49H92O10. The van der Waals surface area contributed by atoms with Gasteiger partial charge in [-0.25, -0.2) is 0 Å². The number of carbonyl (C=O) groups excluding carboxylic acids is 2. The number of hydrogen-bond acceptors (Lipinski definition) is 10. The Morgan fingerprint density at radius 1 is 0.508 bits per heavy atom. The number of carbonyl (C=O) groups is 2. The van der Waals surface area contributed by atoms with Gasteiger partial charge in [0, 0.05) is 12.8 Å². The van der Waals surface area contributed by atoms with E-state index in [1.807, 2.05) is 0 Å². The first-order valence-electron chi connectivity index (χ1n) is 24.8. The minimum Gasteiger partial charge on any atom is -0.462 e. The van der Waals surface area contributed by atoms with Crippen LogP contribution < -0.4 is 0 Å². The Morgan fingerprint density at radius 2 is 0.898 bits per heavy atom. The average molecular weight is 841 g/mol. The SMILES string of the molecule is CCCCCCCCCC/C=C\CCCCCCCCCCCC(=O)OC(COC(=O)CCCCCCCCCCCCCCC)COC1OC(CO)C(O)C(O)C1O. The van der Waals surface area contributed by atoms with Gasteiger partial charge in [-0.1, -0.05) is 193 Å². The molecule has 59 heavy (non-hydrogen) atoms. The molecule has 0 aromatic carbocycles. The Labute approximate surface area is 361 Å². The van der Waals surface area contributed by atoms with E-state index in [4.69, 9.17) is 18.9 Å². The smallest absolute Gasteiger partial charge is 0.306 e. The van der Waals surface area contributed by atoms with Crippen LogP contribution in [-0.4, -0.2) is 89.0 Å². The zero-order valence-electron chi connectivity index (χ0n) is 38.0. The maximum atomic E-state index is 12.8. The third-order valence-electron chi connectivity index (χ3n) is 11.7. The number of unbranched alkanes of at least 4 members (excludes halogenated alkanes) is 29. The van der Waals surface area contributed by atoms with Gasteiger partial charge >= 0.3 is 11.9 Å². The molecule has 1 heterocycles. The van der Waals surface area contributed by atoms with Crippen LogP contribution in [0.15, 0.2) is 12.2 Å². The molecule has 0 bridgehead atoms. The van der Waals surface area contributed by atoms with E-state index in [-0.39, 0.29) is 32.0 Å². The van der Waals surface area contributed by atoms with E-state index >= 15 is 0 Å². The van der Waals surface area contributed by atoms with E-state index in [1.54, 1.807) is 0 Å². The summed E-state index contributed by atoms with van der Waals surface area (Å²) in [7, 11) is 0. The zero-order chi connectivity index (χ0) is 43.0. The lowest BCUT2D eigenvalue weighted by molar-refractivity contribution is -0.305. The second-order valence-corrected chi connectivity index (χ2v) is 17.3. The van der Waals surface area contributed by atoms with Crippen molar-refractivity contribution < 1.29 is 49.0 Å². The van der Waals surface area contributed by atoms with Gasteiger partial charge < -0.3 is 39.4 Å². The number of rotatable bonds is 42. The van der Waals surface area contributed by atoms with E-state index in [0.29, 0.717) is 6.42 Å². The van der Waals surface area contributed by atoms with E-state index in [1.165, 1.54) is 161 Å². The summed E-state index contributed by atoms with van der Waals surface area (Å²) in [5.74, 6) is -0.796.